The van der Waals surface area contributed by atoms with Crippen molar-refractivity contribution >= 4 is 39.1 Å². The van der Waals surface area contributed by atoms with E-state index in [9.17, 15) is 18.0 Å². The van der Waals surface area contributed by atoms with Crippen molar-refractivity contribution in [3.05, 3.63) is 94.0 Å². The van der Waals surface area contributed by atoms with Crippen molar-refractivity contribution in [2.24, 2.45) is 0 Å². The second kappa shape index (κ2) is 14.0. The van der Waals surface area contributed by atoms with E-state index in [0.717, 1.165) is 33.0 Å². The van der Waals surface area contributed by atoms with E-state index in [1.54, 1.807) is 12.1 Å². The number of sulfonamides is 1. The normalized spacial score (nSPS) is 12.9. The molecule has 0 spiro atoms. The second-order valence-electron chi connectivity index (χ2n) is 10.5. The number of anilines is 1. The molecule has 7 nitrogen and oxygen atoms in total. The van der Waals surface area contributed by atoms with Gasteiger partial charge in [0.2, 0.25) is 11.8 Å². The molecule has 0 aromatic heterocycles. The first-order valence-corrected chi connectivity index (χ1v) is 15.7. The predicted octanol–water partition coefficient (Wildman–Crippen LogP) is 6.18. The summed E-state index contributed by atoms with van der Waals surface area (Å²) in [6.07, 6.45) is 1.11. The Morgan fingerprint density at radius 2 is 1.59 bits per heavy atom. The molecule has 9 heteroatoms. The molecule has 0 unspecified atom stereocenters. The van der Waals surface area contributed by atoms with Crippen LogP contribution in [-0.2, 0) is 26.2 Å². The maximum Gasteiger partial charge on any atom is 0.264 e. The lowest BCUT2D eigenvalue weighted by Crippen LogP contribution is -2.53. The fourth-order valence-electron chi connectivity index (χ4n) is 4.51. The third-order valence-corrected chi connectivity index (χ3v) is 9.32. The molecule has 0 saturated heterocycles. The van der Waals surface area contributed by atoms with Crippen molar-refractivity contribution in [1.82, 2.24) is 10.2 Å². The number of amides is 2. The highest BCUT2D eigenvalue weighted by Gasteiger charge is 2.34. The lowest BCUT2D eigenvalue weighted by atomic mass is 10.1. The van der Waals surface area contributed by atoms with Crippen molar-refractivity contribution < 1.29 is 18.0 Å². The van der Waals surface area contributed by atoms with E-state index in [1.807, 2.05) is 71.9 Å². The lowest BCUT2D eigenvalue weighted by molar-refractivity contribution is -0.140. The number of hydrogen-bond donors (Lipinski definition) is 1. The summed E-state index contributed by atoms with van der Waals surface area (Å²) < 4.78 is 29.1. The van der Waals surface area contributed by atoms with Crippen LogP contribution in [0, 0.1) is 20.8 Å². The summed E-state index contributed by atoms with van der Waals surface area (Å²) >= 11 is 6.03. The van der Waals surface area contributed by atoms with Crippen molar-refractivity contribution in [2.45, 2.75) is 77.9 Å². The average Bonchev–Trinajstić information content (AvgIpc) is 2.93. The van der Waals surface area contributed by atoms with E-state index >= 15 is 0 Å². The summed E-state index contributed by atoms with van der Waals surface area (Å²) in [7, 11) is -4.16. The van der Waals surface area contributed by atoms with Gasteiger partial charge in [-0.2, -0.15) is 0 Å². The number of hydrogen-bond acceptors (Lipinski definition) is 4. The van der Waals surface area contributed by atoms with Crippen LogP contribution in [0.4, 0.5) is 5.69 Å². The molecule has 0 aliphatic carbocycles. The molecule has 0 heterocycles. The zero-order valence-corrected chi connectivity index (χ0v) is 26.2. The van der Waals surface area contributed by atoms with Gasteiger partial charge in [0, 0.05) is 17.6 Å². The number of nitrogens with one attached hydrogen (secondary N) is 1. The Kier molecular flexibility index (Phi) is 11.0. The monoisotopic (exact) mass is 597 g/mol. The Labute approximate surface area is 249 Å². The van der Waals surface area contributed by atoms with Crippen molar-refractivity contribution in [3.63, 3.8) is 0 Å². The SMILES string of the molecule is CC[C@H](C)NC(=O)[C@H](CC)N(Cc1cccc(C)c1)C(=O)CN(c1ccc(C)c(C)c1)S(=O)(=O)c1ccc(Cl)cc1. The van der Waals surface area contributed by atoms with Crippen LogP contribution in [0.1, 0.15) is 55.9 Å². The van der Waals surface area contributed by atoms with Gasteiger partial charge in [-0.15, -0.1) is 0 Å². The van der Waals surface area contributed by atoms with Crippen LogP contribution in [0.5, 0.6) is 0 Å². The van der Waals surface area contributed by atoms with Crippen LogP contribution >= 0.6 is 11.6 Å². The van der Waals surface area contributed by atoms with Gasteiger partial charge in [-0.05, 0) is 93.6 Å². The number of carbonyl (C=O) groups is 2. The largest absolute Gasteiger partial charge is 0.352 e. The lowest BCUT2D eigenvalue weighted by Gasteiger charge is -2.34. The molecule has 0 fully saturated rings. The topological polar surface area (TPSA) is 86.8 Å². The van der Waals surface area contributed by atoms with E-state index in [-0.39, 0.29) is 23.4 Å². The number of nitrogens with zero attached hydrogens (tertiary/aromatic N) is 2. The van der Waals surface area contributed by atoms with Gasteiger partial charge in [0.15, 0.2) is 0 Å². The second-order valence-corrected chi connectivity index (χ2v) is 12.8. The third kappa shape index (κ3) is 8.11. The Bertz CT molecular complexity index is 1470. The minimum absolute atomic E-state index is 0.0136. The van der Waals surface area contributed by atoms with Crippen molar-refractivity contribution in [2.75, 3.05) is 10.8 Å². The Morgan fingerprint density at radius 1 is 0.902 bits per heavy atom. The maximum atomic E-state index is 14.2. The van der Waals surface area contributed by atoms with Gasteiger partial charge in [-0.25, -0.2) is 8.42 Å². The summed E-state index contributed by atoms with van der Waals surface area (Å²) in [5.74, 6) is -0.741. The highest BCUT2D eigenvalue weighted by molar-refractivity contribution is 7.92. The molecule has 2 amide bonds. The van der Waals surface area contributed by atoms with E-state index in [4.69, 9.17) is 11.6 Å². The summed E-state index contributed by atoms with van der Waals surface area (Å²) in [4.78, 5) is 29.1. The number of benzene rings is 3. The van der Waals surface area contributed by atoms with Crippen LogP contribution in [0.2, 0.25) is 5.02 Å². The molecule has 2 atom stereocenters. The van der Waals surface area contributed by atoms with Gasteiger partial charge in [0.05, 0.1) is 10.6 Å². The quantitative estimate of drug-likeness (QED) is 0.270. The van der Waals surface area contributed by atoms with Crippen LogP contribution in [-0.4, -0.2) is 43.8 Å². The number of aryl methyl sites for hydroxylation is 3. The highest BCUT2D eigenvalue weighted by atomic mass is 35.5. The van der Waals surface area contributed by atoms with E-state index < -0.39 is 28.5 Å². The molecule has 0 radical (unpaired) electrons. The molecule has 0 saturated carbocycles. The van der Waals surface area contributed by atoms with Gasteiger partial charge in [0.25, 0.3) is 10.0 Å². The molecular formula is C32H40ClN3O4S. The highest BCUT2D eigenvalue weighted by Crippen LogP contribution is 2.27. The molecular weight excluding hydrogens is 558 g/mol. The molecule has 3 aromatic carbocycles. The number of halogens is 1. The summed E-state index contributed by atoms with van der Waals surface area (Å²) in [5, 5.41) is 3.40. The minimum atomic E-state index is -4.16. The van der Waals surface area contributed by atoms with Gasteiger partial charge < -0.3 is 10.2 Å². The van der Waals surface area contributed by atoms with Gasteiger partial charge in [-0.3, -0.25) is 13.9 Å². The summed E-state index contributed by atoms with van der Waals surface area (Å²) in [6.45, 7) is 11.2. The molecule has 0 aliphatic heterocycles. The minimum Gasteiger partial charge on any atom is -0.352 e. The zero-order valence-electron chi connectivity index (χ0n) is 24.6. The number of rotatable bonds is 12. The molecule has 0 bridgehead atoms. The van der Waals surface area contributed by atoms with Gasteiger partial charge in [-0.1, -0.05) is 61.3 Å². The number of carbonyl (C=O) groups excluding carboxylic acids is 2. The molecule has 3 aromatic rings. The van der Waals surface area contributed by atoms with Crippen molar-refractivity contribution in [1.29, 1.82) is 0 Å². The standard InChI is InChI=1S/C32H40ClN3O4S/c1-7-25(6)34-32(38)30(8-2)35(20-26-11-9-10-22(3)18-26)31(37)21-36(28-15-12-23(4)24(5)19-28)41(39,40)29-16-13-27(33)14-17-29/h9-19,25,30H,7-8,20-21H2,1-6H3,(H,34,38)/t25-,30-/m0/s1. The Hall–Kier alpha value is -3.36. The van der Waals surface area contributed by atoms with Gasteiger partial charge >= 0.3 is 0 Å². The van der Waals surface area contributed by atoms with Crippen LogP contribution < -0.4 is 9.62 Å². The van der Waals surface area contributed by atoms with Crippen LogP contribution in [0.15, 0.2) is 71.6 Å². The average molecular weight is 598 g/mol. The predicted molar refractivity (Wildman–Crippen MR) is 166 cm³/mol. The first-order chi connectivity index (χ1) is 19.4. The zero-order chi connectivity index (χ0) is 30.3. The summed E-state index contributed by atoms with van der Waals surface area (Å²) in [5.41, 5.74) is 4.13. The molecule has 1 N–H and O–H groups in total. The third-order valence-electron chi connectivity index (χ3n) is 7.28. The molecule has 41 heavy (non-hydrogen) atoms. The molecule has 3 rings (SSSR count). The maximum absolute atomic E-state index is 14.2. The smallest absolute Gasteiger partial charge is 0.264 e. The van der Waals surface area contributed by atoms with Crippen molar-refractivity contribution in [3.8, 4) is 0 Å². The van der Waals surface area contributed by atoms with E-state index in [1.165, 1.54) is 29.2 Å². The summed E-state index contributed by atoms with van der Waals surface area (Å²) in [6, 6.07) is 18.0. The fraction of sp³-hybridized carbons (Fsp3) is 0.375. The van der Waals surface area contributed by atoms with Crippen LogP contribution in [0.25, 0.3) is 0 Å². The Morgan fingerprint density at radius 3 is 2.17 bits per heavy atom. The molecule has 220 valence electrons. The van der Waals surface area contributed by atoms with Crippen LogP contribution in [0.3, 0.4) is 0 Å². The molecule has 0 aliphatic rings. The Balaban J connectivity index is 2.09. The first kappa shape index (κ1) is 32.2. The van der Waals surface area contributed by atoms with E-state index in [2.05, 4.69) is 5.32 Å². The fourth-order valence-corrected chi connectivity index (χ4v) is 6.04. The van der Waals surface area contributed by atoms with E-state index in [0.29, 0.717) is 17.1 Å². The first-order valence-electron chi connectivity index (χ1n) is 13.9. The van der Waals surface area contributed by atoms with Gasteiger partial charge in [0.1, 0.15) is 12.6 Å².